The molecule has 0 bridgehead atoms. The number of imidazole rings is 1. The van der Waals surface area contributed by atoms with Crippen molar-refractivity contribution in [1.29, 1.82) is 0 Å². The number of hydrogen-bond donors (Lipinski definition) is 2. The highest BCUT2D eigenvalue weighted by Gasteiger charge is 2.19. The number of halogens is 1. The van der Waals surface area contributed by atoms with Crippen molar-refractivity contribution in [1.82, 2.24) is 9.38 Å². The van der Waals surface area contributed by atoms with E-state index in [1.165, 1.54) is 0 Å². The van der Waals surface area contributed by atoms with Crippen molar-refractivity contribution in [3.05, 3.63) is 34.3 Å². The minimum atomic E-state index is -1.05. The third kappa shape index (κ3) is 1.60. The summed E-state index contributed by atoms with van der Waals surface area (Å²) in [6, 6.07) is 4.94. The van der Waals surface area contributed by atoms with Gasteiger partial charge in [0, 0.05) is 0 Å². The van der Waals surface area contributed by atoms with Gasteiger partial charge < -0.3 is 10.8 Å². The van der Waals surface area contributed by atoms with Crippen LogP contribution >= 0.6 is 15.9 Å². The van der Waals surface area contributed by atoms with Gasteiger partial charge in [-0.25, -0.2) is 9.78 Å². The molecule has 0 fully saturated rings. The Kier molecular flexibility index (Phi) is 2.69. The van der Waals surface area contributed by atoms with E-state index in [2.05, 4.69) is 20.9 Å². The molecule has 3 N–H and O–H groups in total. The second-order valence-electron chi connectivity index (χ2n) is 3.48. The van der Waals surface area contributed by atoms with E-state index in [-0.39, 0.29) is 11.7 Å². The van der Waals surface area contributed by atoms with Gasteiger partial charge in [0.2, 0.25) is 0 Å². The van der Waals surface area contributed by atoms with E-state index in [0.717, 1.165) is 4.60 Å². The minimum absolute atomic E-state index is 0.0219. The Morgan fingerprint density at radius 2 is 2.31 bits per heavy atom. The second-order valence-corrected chi connectivity index (χ2v) is 4.29. The van der Waals surface area contributed by atoms with Gasteiger partial charge in [-0.15, -0.1) is 0 Å². The third-order valence-corrected chi connectivity index (χ3v) is 2.87. The number of carboxylic acids is 1. The highest BCUT2D eigenvalue weighted by atomic mass is 79.9. The summed E-state index contributed by atoms with van der Waals surface area (Å²) in [5, 5.41) is 9.04. The molecule has 0 aliphatic carbocycles. The minimum Gasteiger partial charge on any atom is -0.476 e. The molecule has 2 rings (SSSR count). The van der Waals surface area contributed by atoms with E-state index in [9.17, 15) is 4.79 Å². The molecule has 0 aromatic carbocycles. The van der Waals surface area contributed by atoms with Gasteiger partial charge in [0.15, 0.2) is 5.69 Å². The molecule has 0 saturated carbocycles. The SMILES string of the molecule is CC(N)c1nc(C(=O)O)c2cccc(Br)n12. The maximum absolute atomic E-state index is 11.0. The van der Waals surface area contributed by atoms with Gasteiger partial charge in [-0.3, -0.25) is 4.40 Å². The van der Waals surface area contributed by atoms with Gasteiger partial charge in [0.25, 0.3) is 0 Å². The Morgan fingerprint density at radius 3 is 2.88 bits per heavy atom. The van der Waals surface area contributed by atoms with Gasteiger partial charge >= 0.3 is 5.97 Å². The first-order valence-electron chi connectivity index (χ1n) is 4.68. The fourth-order valence-corrected chi connectivity index (χ4v) is 2.11. The van der Waals surface area contributed by atoms with Crippen molar-refractivity contribution in [2.45, 2.75) is 13.0 Å². The van der Waals surface area contributed by atoms with Crippen LogP contribution in [-0.2, 0) is 0 Å². The predicted molar refractivity (Wildman–Crippen MR) is 62.5 cm³/mol. The number of aromatic carboxylic acids is 1. The van der Waals surface area contributed by atoms with Crippen LogP contribution in [0.4, 0.5) is 0 Å². The topological polar surface area (TPSA) is 80.6 Å². The van der Waals surface area contributed by atoms with Crippen molar-refractivity contribution in [2.75, 3.05) is 0 Å². The summed E-state index contributed by atoms with van der Waals surface area (Å²) < 4.78 is 2.44. The lowest BCUT2D eigenvalue weighted by atomic mass is 10.3. The van der Waals surface area contributed by atoms with Crippen molar-refractivity contribution in [3.63, 3.8) is 0 Å². The number of pyridine rings is 1. The zero-order chi connectivity index (χ0) is 11.9. The Morgan fingerprint density at radius 1 is 1.62 bits per heavy atom. The summed E-state index contributed by atoms with van der Waals surface area (Å²) in [4.78, 5) is 15.1. The Bertz CT molecular complexity index is 562. The Labute approximate surface area is 100 Å². The molecule has 2 aromatic rings. The number of carbonyl (C=O) groups is 1. The lowest BCUT2D eigenvalue weighted by molar-refractivity contribution is 0.0693. The molecule has 0 aliphatic rings. The average Bonchev–Trinajstić information content (AvgIpc) is 2.58. The molecule has 1 atom stereocenters. The maximum atomic E-state index is 11.0. The molecule has 0 spiro atoms. The predicted octanol–water partition coefficient (Wildman–Crippen LogP) is 1.81. The molecule has 2 aromatic heterocycles. The number of carboxylic acid groups (broad SMARTS) is 1. The number of hydrogen-bond acceptors (Lipinski definition) is 3. The van der Waals surface area contributed by atoms with Gasteiger partial charge in [0.1, 0.15) is 5.82 Å². The van der Waals surface area contributed by atoms with Gasteiger partial charge in [-0.05, 0) is 35.0 Å². The summed E-state index contributed by atoms with van der Waals surface area (Å²) in [6.07, 6.45) is 0. The summed E-state index contributed by atoms with van der Waals surface area (Å²) in [6.45, 7) is 1.76. The molecule has 0 radical (unpaired) electrons. The van der Waals surface area contributed by atoms with E-state index < -0.39 is 5.97 Å². The zero-order valence-corrected chi connectivity index (χ0v) is 10.1. The van der Waals surface area contributed by atoms with Gasteiger partial charge in [0.05, 0.1) is 16.2 Å². The van der Waals surface area contributed by atoms with Gasteiger partial charge in [-0.2, -0.15) is 0 Å². The quantitative estimate of drug-likeness (QED) is 0.824. The molecule has 0 aliphatic heterocycles. The maximum Gasteiger partial charge on any atom is 0.356 e. The molecular formula is C10H10BrN3O2. The molecule has 0 amide bonds. The first kappa shape index (κ1) is 11.1. The number of nitrogens with zero attached hydrogens (tertiary/aromatic N) is 2. The molecule has 16 heavy (non-hydrogen) atoms. The number of nitrogens with two attached hydrogens (primary N) is 1. The summed E-state index contributed by atoms with van der Waals surface area (Å²) in [5.41, 5.74) is 6.32. The van der Waals surface area contributed by atoms with Crippen LogP contribution in [0.5, 0.6) is 0 Å². The van der Waals surface area contributed by atoms with Crippen molar-refractivity contribution < 1.29 is 9.90 Å². The van der Waals surface area contributed by atoms with E-state index in [4.69, 9.17) is 10.8 Å². The lowest BCUT2D eigenvalue weighted by Crippen LogP contribution is -2.10. The second kappa shape index (κ2) is 3.88. The Hall–Kier alpha value is -1.40. The molecule has 2 heterocycles. The van der Waals surface area contributed by atoms with E-state index >= 15 is 0 Å². The van der Waals surface area contributed by atoms with Crippen LogP contribution in [0, 0.1) is 0 Å². The highest BCUT2D eigenvalue weighted by Crippen LogP contribution is 2.22. The first-order chi connectivity index (χ1) is 7.52. The van der Waals surface area contributed by atoms with Crippen molar-refractivity contribution >= 4 is 27.4 Å². The lowest BCUT2D eigenvalue weighted by Gasteiger charge is -2.05. The first-order valence-corrected chi connectivity index (χ1v) is 5.47. The fourth-order valence-electron chi connectivity index (χ4n) is 1.59. The summed E-state index contributed by atoms with van der Waals surface area (Å²) >= 11 is 3.35. The molecular weight excluding hydrogens is 274 g/mol. The molecule has 1 unspecified atom stereocenters. The largest absolute Gasteiger partial charge is 0.476 e. The molecule has 0 saturated heterocycles. The highest BCUT2D eigenvalue weighted by molar-refractivity contribution is 9.10. The van der Waals surface area contributed by atoms with Crippen LogP contribution in [-0.4, -0.2) is 20.5 Å². The Balaban J connectivity index is 2.87. The van der Waals surface area contributed by atoms with Crippen LogP contribution < -0.4 is 5.73 Å². The van der Waals surface area contributed by atoms with E-state index in [0.29, 0.717) is 11.3 Å². The van der Waals surface area contributed by atoms with Crippen LogP contribution in [0.2, 0.25) is 0 Å². The zero-order valence-electron chi connectivity index (χ0n) is 8.51. The van der Waals surface area contributed by atoms with E-state index in [1.54, 1.807) is 23.5 Å². The van der Waals surface area contributed by atoms with Crippen LogP contribution in [0.3, 0.4) is 0 Å². The normalized spacial score (nSPS) is 12.9. The third-order valence-electron chi connectivity index (χ3n) is 2.25. The van der Waals surface area contributed by atoms with Crippen LogP contribution in [0.1, 0.15) is 29.3 Å². The molecule has 6 heteroatoms. The fraction of sp³-hybridized carbons (Fsp3) is 0.200. The number of rotatable bonds is 2. The molecule has 84 valence electrons. The summed E-state index contributed by atoms with van der Waals surface area (Å²) in [7, 11) is 0. The monoisotopic (exact) mass is 283 g/mol. The molecule has 5 nitrogen and oxygen atoms in total. The smallest absolute Gasteiger partial charge is 0.356 e. The standard InChI is InChI=1S/C10H10BrN3O2/c1-5(12)9-13-8(10(15)16)6-3-2-4-7(11)14(6)9/h2-5H,12H2,1H3,(H,15,16). The van der Waals surface area contributed by atoms with Crippen molar-refractivity contribution in [2.24, 2.45) is 5.73 Å². The van der Waals surface area contributed by atoms with Crippen molar-refractivity contribution in [3.8, 4) is 0 Å². The number of aromatic nitrogens is 2. The number of fused-ring (bicyclic) bond motifs is 1. The van der Waals surface area contributed by atoms with E-state index in [1.807, 2.05) is 6.07 Å². The average molecular weight is 284 g/mol. The van der Waals surface area contributed by atoms with Crippen LogP contribution in [0.15, 0.2) is 22.8 Å². The summed E-state index contributed by atoms with van der Waals surface area (Å²) in [5.74, 6) is -0.526. The van der Waals surface area contributed by atoms with Gasteiger partial charge in [-0.1, -0.05) is 6.07 Å². The van der Waals surface area contributed by atoms with Crippen LogP contribution in [0.25, 0.3) is 5.52 Å².